The van der Waals surface area contributed by atoms with Gasteiger partial charge in [0, 0.05) is 0 Å². The van der Waals surface area contributed by atoms with Crippen molar-refractivity contribution in [3.63, 3.8) is 0 Å². The van der Waals surface area contributed by atoms with Crippen LogP contribution in [0.25, 0.3) is 10.8 Å². The molecular formula is C22H19F2N3O2S. The molecule has 30 heavy (non-hydrogen) atoms. The standard InChI is InChI=1S/C22H19F2N3O2S/c1-14-22(26-30(28,29)18-10-11-20(23)21(24)12-18)15(2)27(25-14)13-17-8-5-7-16-6-3-4-9-19(16)17/h3-12,26H,13H2,1-2H3. The van der Waals surface area contributed by atoms with Gasteiger partial charge in [0.05, 0.1) is 28.5 Å². The molecule has 0 spiro atoms. The Kier molecular flexibility index (Phi) is 5.03. The Morgan fingerprint density at radius 1 is 0.967 bits per heavy atom. The maximum absolute atomic E-state index is 13.5. The Morgan fingerprint density at radius 2 is 1.70 bits per heavy atom. The van der Waals surface area contributed by atoms with Gasteiger partial charge in [0.1, 0.15) is 0 Å². The summed E-state index contributed by atoms with van der Waals surface area (Å²) in [6, 6.07) is 16.5. The molecule has 0 unspecified atom stereocenters. The Balaban J connectivity index is 1.67. The zero-order chi connectivity index (χ0) is 21.5. The minimum absolute atomic E-state index is 0.319. The van der Waals surface area contributed by atoms with Crippen molar-refractivity contribution in [3.05, 3.63) is 89.2 Å². The molecule has 0 aliphatic carbocycles. The number of anilines is 1. The molecule has 5 nitrogen and oxygen atoms in total. The summed E-state index contributed by atoms with van der Waals surface area (Å²) in [7, 11) is -4.10. The van der Waals surface area contributed by atoms with Crippen LogP contribution in [-0.4, -0.2) is 18.2 Å². The summed E-state index contributed by atoms with van der Waals surface area (Å²) in [6.45, 7) is 3.91. The smallest absolute Gasteiger partial charge is 0.262 e. The third-order valence-electron chi connectivity index (χ3n) is 5.02. The van der Waals surface area contributed by atoms with Gasteiger partial charge in [0.15, 0.2) is 11.6 Å². The zero-order valence-electron chi connectivity index (χ0n) is 16.4. The molecule has 0 amide bonds. The van der Waals surface area contributed by atoms with Crippen LogP contribution >= 0.6 is 0 Å². The van der Waals surface area contributed by atoms with Crippen LogP contribution in [0.2, 0.25) is 0 Å². The Morgan fingerprint density at radius 3 is 2.47 bits per heavy atom. The van der Waals surface area contributed by atoms with Gasteiger partial charge in [0.25, 0.3) is 10.0 Å². The first-order valence-corrected chi connectivity index (χ1v) is 10.7. The summed E-state index contributed by atoms with van der Waals surface area (Å²) in [6.07, 6.45) is 0. The van der Waals surface area contributed by atoms with E-state index in [1.165, 1.54) is 0 Å². The van der Waals surface area contributed by atoms with Gasteiger partial charge < -0.3 is 0 Å². The van der Waals surface area contributed by atoms with Gasteiger partial charge >= 0.3 is 0 Å². The molecule has 0 radical (unpaired) electrons. The van der Waals surface area contributed by atoms with Gasteiger partial charge in [-0.3, -0.25) is 9.40 Å². The van der Waals surface area contributed by atoms with Crippen LogP contribution in [-0.2, 0) is 16.6 Å². The molecule has 0 bridgehead atoms. The average Bonchev–Trinajstić information content (AvgIpc) is 2.97. The second kappa shape index (κ2) is 7.53. The van der Waals surface area contributed by atoms with E-state index in [0.29, 0.717) is 29.7 Å². The highest BCUT2D eigenvalue weighted by atomic mass is 32.2. The number of aromatic nitrogens is 2. The summed E-state index contributed by atoms with van der Waals surface area (Å²) in [5, 5.41) is 6.68. The van der Waals surface area contributed by atoms with Gasteiger partial charge in [-0.2, -0.15) is 5.10 Å². The largest absolute Gasteiger partial charge is 0.276 e. The minimum Gasteiger partial charge on any atom is -0.276 e. The molecule has 0 saturated carbocycles. The number of rotatable bonds is 5. The van der Waals surface area contributed by atoms with Crippen molar-refractivity contribution in [2.45, 2.75) is 25.3 Å². The number of halogens is 2. The van der Waals surface area contributed by atoms with Crippen molar-refractivity contribution in [1.29, 1.82) is 0 Å². The normalized spacial score (nSPS) is 11.7. The van der Waals surface area contributed by atoms with Crippen LogP contribution < -0.4 is 4.72 Å². The zero-order valence-corrected chi connectivity index (χ0v) is 17.2. The van der Waals surface area contributed by atoms with E-state index in [1.54, 1.807) is 18.5 Å². The van der Waals surface area contributed by atoms with E-state index in [4.69, 9.17) is 0 Å². The Labute approximate surface area is 173 Å². The Hall–Kier alpha value is -3.26. The third kappa shape index (κ3) is 3.66. The Bertz CT molecular complexity index is 1360. The summed E-state index contributed by atoms with van der Waals surface area (Å²) in [5.41, 5.74) is 2.47. The quantitative estimate of drug-likeness (QED) is 0.499. The maximum atomic E-state index is 13.5. The lowest BCUT2D eigenvalue weighted by atomic mass is 10.0. The van der Waals surface area contributed by atoms with E-state index >= 15 is 0 Å². The van der Waals surface area contributed by atoms with Crippen LogP contribution in [0.15, 0.2) is 65.6 Å². The fraction of sp³-hybridized carbons (Fsp3) is 0.136. The molecule has 3 aromatic carbocycles. The van der Waals surface area contributed by atoms with Crippen LogP contribution in [0.5, 0.6) is 0 Å². The van der Waals surface area contributed by atoms with E-state index < -0.39 is 21.7 Å². The van der Waals surface area contributed by atoms with E-state index in [9.17, 15) is 17.2 Å². The molecule has 0 saturated heterocycles. The summed E-state index contributed by atoms with van der Waals surface area (Å²) in [5.74, 6) is -2.33. The van der Waals surface area contributed by atoms with Crippen LogP contribution in [0.3, 0.4) is 0 Å². The molecule has 1 heterocycles. The lowest BCUT2D eigenvalue weighted by Crippen LogP contribution is -2.15. The first kappa shape index (κ1) is 20.0. The number of benzene rings is 3. The second-order valence-corrected chi connectivity index (χ2v) is 8.71. The third-order valence-corrected chi connectivity index (χ3v) is 6.37. The molecule has 0 aliphatic rings. The first-order valence-electron chi connectivity index (χ1n) is 9.25. The van der Waals surface area contributed by atoms with Crippen molar-refractivity contribution in [2.75, 3.05) is 4.72 Å². The minimum atomic E-state index is -4.10. The molecule has 0 aliphatic heterocycles. The van der Waals surface area contributed by atoms with Gasteiger partial charge in [-0.15, -0.1) is 0 Å². The summed E-state index contributed by atoms with van der Waals surface area (Å²) in [4.78, 5) is -0.359. The van der Waals surface area contributed by atoms with Gasteiger partial charge in [-0.25, -0.2) is 17.2 Å². The number of nitrogens with one attached hydrogen (secondary N) is 1. The first-order chi connectivity index (χ1) is 14.3. The number of hydrogen-bond acceptors (Lipinski definition) is 3. The fourth-order valence-corrected chi connectivity index (χ4v) is 4.62. The van der Waals surface area contributed by atoms with Crippen molar-refractivity contribution in [3.8, 4) is 0 Å². The van der Waals surface area contributed by atoms with Crippen LogP contribution in [0.1, 0.15) is 17.0 Å². The number of sulfonamides is 1. The van der Waals surface area contributed by atoms with Crippen molar-refractivity contribution in [2.24, 2.45) is 0 Å². The topological polar surface area (TPSA) is 64.0 Å². The van der Waals surface area contributed by atoms with Crippen LogP contribution in [0, 0.1) is 25.5 Å². The lowest BCUT2D eigenvalue weighted by Gasteiger charge is -2.11. The number of nitrogens with zero attached hydrogens (tertiary/aromatic N) is 2. The van der Waals surface area contributed by atoms with Gasteiger partial charge in [-0.1, -0.05) is 42.5 Å². The highest BCUT2D eigenvalue weighted by Crippen LogP contribution is 2.26. The predicted molar refractivity (Wildman–Crippen MR) is 112 cm³/mol. The SMILES string of the molecule is Cc1nn(Cc2cccc3ccccc23)c(C)c1NS(=O)(=O)c1ccc(F)c(F)c1. The molecule has 1 N–H and O–H groups in total. The summed E-state index contributed by atoms with van der Waals surface area (Å²) < 4.78 is 56.2. The number of hydrogen-bond donors (Lipinski definition) is 1. The number of fused-ring (bicyclic) bond motifs is 1. The van der Waals surface area contributed by atoms with Gasteiger partial charge in [0.2, 0.25) is 0 Å². The monoisotopic (exact) mass is 427 g/mol. The molecular weight excluding hydrogens is 408 g/mol. The lowest BCUT2D eigenvalue weighted by molar-refractivity contribution is 0.504. The van der Waals surface area contributed by atoms with Crippen molar-refractivity contribution in [1.82, 2.24) is 9.78 Å². The van der Waals surface area contributed by atoms with E-state index in [0.717, 1.165) is 28.5 Å². The second-order valence-electron chi connectivity index (χ2n) is 7.02. The molecule has 8 heteroatoms. The molecule has 154 valence electrons. The molecule has 4 rings (SSSR count). The molecule has 4 aromatic rings. The fourth-order valence-electron chi connectivity index (χ4n) is 3.43. The van der Waals surface area contributed by atoms with Crippen molar-refractivity contribution >= 4 is 26.5 Å². The molecule has 1 aromatic heterocycles. The molecule has 0 fully saturated rings. The average molecular weight is 427 g/mol. The van der Waals surface area contributed by atoms with Gasteiger partial charge in [-0.05, 0) is 48.4 Å². The summed E-state index contributed by atoms with van der Waals surface area (Å²) >= 11 is 0. The maximum Gasteiger partial charge on any atom is 0.262 e. The highest BCUT2D eigenvalue weighted by Gasteiger charge is 2.21. The predicted octanol–water partition coefficient (Wildman–Crippen LogP) is 4.78. The van der Waals surface area contributed by atoms with E-state index in [2.05, 4.69) is 9.82 Å². The van der Waals surface area contributed by atoms with Crippen LogP contribution in [0.4, 0.5) is 14.5 Å². The highest BCUT2D eigenvalue weighted by molar-refractivity contribution is 7.92. The van der Waals surface area contributed by atoms with E-state index in [1.807, 2.05) is 42.5 Å². The van der Waals surface area contributed by atoms with Crippen molar-refractivity contribution < 1.29 is 17.2 Å². The molecule has 0 atom stereocenters. The number of aryl methyl sites for hydroxylation is 1. The van der Waals surface area contributed by atoms with E-state index in [-0.39, 0.29) is 4.90 Å².